The maximum Gasteiger partial charge on any atom is 0.181 e. The highest BCUT2D eigenvalue weighted by Gasteiger charge is 2.10. The molecule has 2 rings (SSSR count). The summed E-state index contributed by atoms with van der Waals surface area (Å²) in [6.45, 7) is 4.35. The molecule has 0 fully saturated rings. The zero-order valence-corrected chi connectivity index (χ0v) is 10.0. The van der Waals surface area contributed by atoms with E-state index in [1.165, 1.54) is 6.39 Å². The third-order valence-corrected chi connectivity index (χ3v) is 2.30. The summed E-state index contributed by atoms with van der Waals surface area (Å²) >= 11 is 0. The molecule has 4 nitrogen and oxygen atoms in total. The molecule has 4 heteroatoms. The molecule has 0 unspecified atom stereocenters. The second-order valence-electron chi connectivity index (χ2n) is 4.03. The minimum Gasteiger partial charge on any atom is -0.491 e. The highest BCUT2D eigenvalue weighted by atomic mass is 16.5. The number of nitrogens with two attached hydrogens (primary N) is 1. The number of oxazole rings is 1. The van der Waals surface area contributed by atoms with Crippen LogP contribution >= 0.6 is 0 Å². The smallest absolute Gasteiger partial charge is 0.181 e. The van der Waals surface area contributed by atoms with Gasteiger partial charge in [0, 0.05) is 12.1 Å². The average Bonchev–Trinajstić information content (AvgIpc) is 2.76. The van der Waals surface area contributed by atoms with Crippen LogP contribution in [0.1, 0.15) is 19.5 Å². The van der Waals surface area contributed by atoms with Crippen molar-refractivity contribution in [1.29, 1.82) is 0 Å². The van der Waals surface area contributed by atoms with Gasteiger partial charge in [0.15, 0.2) is 12.2 Å². The molecule has 0 aliphatic rings. The van der Waals surface area contributed by atoms with Crippen molar-refractivity contribution >= 4 is 0 Å². The fourth-order valence-electron chi connectivity index (χ4n) is 1.63. The van der Waals surface area contributed by atoms with Crippen molar-refractivity contribution in [3.8, 4) is 17.1 Å². The summed E-state index contributed by atoms with van der Waals surface area (Å²) in [7, 11) is 0. The lowest BCUT2D eigenvalue weighted by molar-refractivity contribution is 0.242. The van der Waals surface area contributed by atoms with E-state index in [-0.39, 0.29) is 6.10 Å². The Balaban J connectivity index is 2.33. The molecule has 2 aromatic rings. The molecule has 0 radical (unpaired) electrons. The van der Waals surface area contributed by atoms with Gasteiger partial charge < -0.3 is 14.9 Å². The van der Waals surface area contributed by atoms with E-state index in [9.17, 15) is 0 Å². The topological polar surface area (TPSA) is 61.3 Å². The Bertz CT molecular complexity index is 492. The first kappa shape index (κ1) is 11.7. The van der Waals surface area contributed by atoms with Gasteiger partial charge in [0.1, 0.15) is 11.4 Å². The van der Waals surface area contributed by atoms with Crippen molar-refractivity contribution in [3.63, 3.8) is 0 Å². The Labute approximate surface area is 100 Å². The zero-order valence-electron chi connectivity index (χ0n) is 10.0. The van der Waals surface area contributed by atoms with E-state index in [0.717, 1.165) is 17.0 Å². The van der Waals surface area contributed by atoms with Crippen LogP contribution in [0.4, 0.5) is 0 Å². The number of ether oxygens (including phenoxy) is 1. The van der Waals surface area contributed by atoms with Crippen LogP contribution in [-0.2, 0) is 6.54 Å². The number of rotatable bonds is 4. The molecule has 0 saturated heterocycles. The SMILES string of the molecule is CC(C)Oc1cccc(-c2ocnc2CN)c1. The summed E-state index contributed by atoms with van der Waals surface area (Å²) in [6, 6.07) is 7.73. The summed E-state index contributed by atoms with van der Waals surface area (Å²) < 4.78 is 11.0. The number of hydrogen-bond donors (Lipinski definition) is 1. The van der Waals surface area contributed by atoms with E-state index >= 15 is 0 Å². The third-order valence-electron chi connectivity index (χ3n) is 2.30. The molecule has 0 spiro atoms. The Morgan fingerprint density at radius 1 is 1.41 bits per heavy atom. The highest BCUT2D eigenvalue weighted by Crippen LogP contribution is 2.26. The Morgan fingerprint density at radius 3 is 2.94 bits per heavy atom. The van der Waals surface area contributed by atoms with Crippen molar-refractivity contribution < 1.29 is 9.15 Å². The number of hydrogen-bond acceptors (Lipinski definition) is 4. The van der Waals surface area contributed by atoms with Gasteiger partial charge in [-0.25, -0.2) is 4.98 Å². The molecule has 90 valence electrons. The predicted molar refractivity (Wildman–Crippen MR) is 65.6 cm³/mol. The second-order valence-corrected chi connectivity index (χ2v) is 4.03. The van der Waals surface area contributed by atoms with Crippen LogP contribution in [0.3, 0.4) is 0 Å². The Kier molecular flexibility index (Phi) is 3.44. The van der Waals surface area contributed by atoms with E-state index < -0.39 is 0 Å². The van der Waals surface area contributed by atoms with E-state index in [4.69, 9.17) is 14.9 Å². The minimum absolute atomic E-state index is 0.147. The van der Waals surface area contributed by atoms with Crippen LogP contribution in [0.2, 0.25) is 0 Å². The largest absolute Gasteiger partial charge is 0.491 e. The fraction of sp³-hybridized carbons (Fsp3) is 0.308. The van der Waals surface area contributed by atoms with Crippen LogP contribution in [0.15, 0.2) is 35.1 Å². The number of aromatic nitrogens is 1. The monoisotopic (exact) mass is 232 g/mol. The fourth-order valence-corrected chi connectivity index (χ4v) is 1.63. The van der Waals surface area contributed by atoms with Crippen molar-refractivity contribution in [2.75, 3.05) is 0 Å². The molecule has 0 amide bonds. The van der Waals surface area contributed by atoms with Gasteiger partial charge in [0.05, 0.1) is 6.10 Å². The summed E-state index contributed by atoms with van der Waals surface area (Å²) in [5.74, 6) is 1.53. The van der Waals surface area contributed by atoms with Gasteiger partial charge in [0.25, 0.3) is 0 Å². The number of nitrogens with zero attached hydrogens (tertiary/aromatic N) is 1. The molecule has 1 aromatic carbocycles. The molecule has 0 aliphatic heterocycles. The van der Waals surface area contributed by atoms with E-state index in [0.29, 0.717) is 12.3 Å². The first-order valence-electron chi connectivity index (χ1n) is 5.60. The quantitative estimate of drug-likeness (QED) is 0.880. The van der Waals surface area contributed by atoms with Crippen molar-refractivity contribution in [3.05, 3.63) is 36.4 Å². The van der Waals surface area contributed by atoms with Gasteiger partial charge in [0.2, 0.25) is 0 Å². The second kappa shape index (κ2) is 5.01. The molecule has 2 N–H and O–H groups in total. The average molecular weight is 232 g/mol. The van der Waals surface area contributed by atoms with Crippen LogP contribution in [-0.4, -0.2) is 11.1 Å². The molecule has 1 heterocycles. The van der Waals surface area contributed by atoms with Gasteiger partial charge in [-0.3, -0.25) is 0 Å². The maximum absolute atomic E-state index is 5.63. The van der Waals surface area contributed by atoms with Crippen LogP contribution in [0.5, 0.6) is 5.75 Å². The van der Waals surface area contributed by atoms with Gasteiger partial charge in [-0.05, 0) is 26.0 Å². The first-order valence-corrected chi connectivity index (χ1v) is 5.60. The third kappa shape index (κ3) is 2.65. The van der Waals surface area contributed by atoms with Crippen molar-refractivity contribution in [2.45, 2.75) is 26.5 Å². The Hall–Kier alpha value is -1.81. The Morgan fingerprint density at radius 2 is 2.24 bits per heavy atom. The summed E-state index contributed by atoms with van der Waals surface area (Å²) in [5, 5.41) is 0. The van der Waals surface area contributed by atoms with Crippen LogP contribution < -0.4 is 10.5 Å². The molecule has 0 atom stereocenters. The molecular formula is C13H16N2O2. The first-order chi connectivity index (χ1) is 8.20. The molecular weight excluding hydrogens is 216 g/mol. The van der Waals surface area contributed by atoms with Gasteiger partial charge >= 0.3 is 0 Å². The molecule has 0 bridgehead atoms. The van der Waals surface area contributed by atoms with Crippen LogP contribution in [0, 0.1) is 0 Å². The summed E-state index contributed by atoms with van der Waals surface area (Å²) in [5.41, 5.74) is 7.29. The van der Waals surface area contributed by atoms with Crippen molar-refractivity contribution in [1.82, 2.24) is 4.98 Å². The van der Waals surface area contributed by atoms with E-state index in [1.54, 1.807) is 0 Å². The zero-order chi connectivity index (χ0) is 12.3. The molecule has 0 saturated carbocycles. The maximum atomic E-state index is 5.63. The van der Waals surface area contributed by atoms with Gasteiger partial charge in [-0.1, -0.05) is 12.1 Å². The highest BCUT2D eigenvalue weighted by molar-refractivity contribution is 5.61. The van der Waals surface area contributed by atoms with Gasteiger partial charge in [-0.15, -0.1) is 0 Å². The van der Waals surface area contributed by atoms with E-state index in [1.807, 2.05) is 38.1 Å². The lowest BCUT2D eigenvalue weighted by atomic mass is 10.1. The molecule has 17 heavy (non-hydrogen) atoms. The van der Waals surface area contributed by atoms with Crippen LogP contribution in [0.25, 0.3) is 11.3 Å². The summed E-state index contributed by atoms with van der Waals surface area (Å²) in [4.78, 5) is 4.07. The molecule has 0 aliphatic carbocycles. The lowest BCUT2D eigenvalue weighted by Gasteiger charge is -2.10. The predicted octanol–water partition coefficient (Wildman–Crippen LogP) is 2.59. The summed E-state index contributed by atoms with van der Waals surface area (Å²) in [6.07, 6.45) is 1.56. The standard InChI is InChI=1S/C13H16N2O2/c1-9(2)17-11-5-3-4-10(6-11)13-12(7-14)15-8-16-13/h3-6,8-9H,7,14H2,1-2H3. The number of benzene rings is 1. The molecule has 1 aromatic heterocycles. The lowest BCUT2D eigenvalue weighted by Crippen LogP contribution is -2.05. The normalized spacial score (nSPS) is 10.8. The van der Waals surface area contributed by atoms with E-state index in [2.05, 4.69) is 4.98 Å². The minimum atomic E-state index is 0.147. The van der Waals surface area contributed by atoms with Gasteiger partial charge in [-0.2, -0.15) is 0 Å². The van der Waals surface area contributed by atoms with Crippen molar-refractivity contribution in [2.24, 2.45) is 5.73 Å².